The van der Waals surface area contributed by atoms with Crippen molar-refractivity contribution in [3.8, 4) is 0 Å². The van der Waals surface area contributed by atoms with Crippen molar-refractivity contribution in [2.75, 3.05) is 86.0 Å². The molecule has 1 saturated heterocycles. The zero-order valence-electron chi connectivity index (χ0n) is 40.6. The molecule has 0 radical (unpaired) electrons. The molecular formula is C52H92N2O9. The van der Waals surface area contributed by atoms with Gasteiger partial charge < -0.3 is 33.3 Å². The molecule has 0 saturated carbocycles. The Morgan fingerprint density at radius 1 is 0.492 bits per heavy atom. The van der Waals surface area contributed by atoms with Crippen LogP contribution < -0.4 is 0 Å². The van der Waals surface area contributed by atoms with Crippen LogP contribution in [0.4, 0.5) is 0 Å². The van der Waals surface area contributed by atoms with Gasteiger partial charge in [0.25, 0.3) is 0 Å². The third-order valence-electron chi connectivity index (χ3n) is 11.0. The average Bonchev–Trinajstić information content (AvgIpc) is 3.29. The molecule has 0 spiro atoms. The number of unbranched alkanes of at least 4 members (excludes halogenated alkanes) is 12. The predicted molar refractivity (Wildman–Crippen MR) is 257 cm³/mol. The van der Waals surface area contributed by atoms with E-state index >= 15 is 0 Å². The number of nitrogens with zero attached hydrogens (tertiary/aromatic N) is 2. The van der Waals surface area contributed by atoms with Gasteiger partial charge in [-0.25, -0.2) is 0 Å². The minimum atomic E-state index is -0.491. The van der Waals surface area contributed by atoms with Gasteiger partial charge in [0.05, 0.1) is 25.4 Å². The van der Waals surface area contributed by atoms with Gasteiger partial charge in [0.2, 0.25) is 0 Å². The summed E-state index contributed by atoms with van der Waals surface area (Å²) >= 11 is 0. The first kappa shape index (κ1) is 58.2. The molecule has 11 heteroatoms. The number of rotatable bonds is 43. The second-order valence-corrected chi connectivity index (χ2v) is 16.8. The van der Waals surface area contributed by atoms with Crippen LogP contribution in [0.1, 0.15) is 168 Å². The highest BCUT2D eigenvalue weighted by atomic mass is 16.7. The number of allylic oxidation sites excluding steroid dienone is 8. The van der Waals surface area contributed by atoms with Crippen LogP contribution in [-0.2, 0) is 42.8 Å². The van der Waals surface area contributed by atoms with Crippen LogP contribution in [0.3, 0.4) is 0 Å². The molecule has 11 nitrogen and oxygen atoms in total. The van der Waals surface area contributed by atoms with Crippen molar-refractivity contribution in [3.05, 3.63) is 48.6 Å². The lowest BCUT2D eigenvalue weighted by atomic mass is 10.1. The van der Waals surface area contributed by atoms with Crippen LogP contribution in [0.15, 0.2) is 48.6 Å². The standard InChI is InChI=1S/C52H92N2O9/c1-5-8-11-14-17-18-19-20-21-22-23-24-25-26-29-32-49(55)61-45-48(47-63-51(57)35-36-53-37-39-54(40-38-53)41-44-58-4)46-62-50(56)33-34-52(59-42-30-27-15-12-9-6-2)60-43-31-28-16-13-10-7-3/h9-10,12-13,17-18,20-21,48,52H,5-8,11,14-16,19,22-47H2,1-4H3/b12-9-,13-10-,18-17-,21-20-. The highest BCUT2D eigenvalue weighted by molar-refractivity contribution is 5.70. The summed E-state index contributed by atoms with van der Waals surface area (Å²) < 4.78 is 34.4. The summed E-state index contributed by atoms with van der Waals surface area (Å²) in [5.74, 6) is -1.46. The summed E-state index contributed by atoms with van der Waals surface area (Å²) in [7, 11) is 1.72. The van der Waals surface area contributed by atoms with Crippen molar-refractivity contribution in [2.24, 2.45) is 5.92 Å². The van der Waals surface area contributed by atoms with Crippen LogP contribution >= 0.6 is 0 Å². The third kappa shape index (κ3) is 38.2. The van der Waals surface area contributed by atoms with Gasteiger partial charge in [-0.1, -0.05) is 101 Å². The van der Waals surface area contributed by atoms with E-state index < -0.39 is 12.2 Å². The Morgan fingerprint density at radius 3 is 1.49 bits per heavy atom. The maximum atomic E-state index is 13.0. The largest absolute Gasteiger partial charge is 0.465 e. The first-order valence-corrected chi connectivity index (χ1v) is 25.1. The Hall–Kier alpha value is -2.83. The SMILES string of the molecule is CC/C=C\CCCCOC(CCC(=O)OCC(COC(=O)CCCCCCC/C=C\C/C=C\CCCCC)COC(=O)CCN1CCN(CCOC)CC1)OCCCC/C=C\CC. The number of hydrogen-bond acceptors (Lipinski definition) is 11. The van der Waals surface area contributed by atoms with Crippen molar-refractivity contribution >= 4 is 17.9 Å². The maximum absolute atomic E-state index is 13.0. The number of carbonyl (C=O) groups excluding carboxylic acids is 3. The van der Waals surface area contributed by atoms with Gasteiger partial charge in [0.1, 0.15) is 19.8 Å². The molecule has 1 unspecified atom stereocenters. The Kier molecular flexibility index (Phi) is 41.0. The van der Waals surface area contributed by atoms with Gasteiger partial charge in [0.15, 0.2) is 6.29 Å². The van der Waals surface area contributed by atoms with Crippen LogP contribution in [-0.4, -0.2) is 120 Å². The number of hydrogen-bond donors (Lipinski definition) is 0. The summed E-state index contributed by atoms with van der Waals surface area (Å²) in [5, 5.41) is 0. The smallest absolute Gasteiger partial charge is 0.307 e. The lowest BCUT2D eigenvalue weighted by molar-refractivity contribution is -0.162. The first-order valence-electron chi connectivity index (χ1n) is 25.1. The summed E-state index contributed by atoms with van der Waals surface area (Å²) in [5.41, 5.74) is 0. The molecule has 1 aliphatic heterocycles. The van der Waals surface area contributed by atoms with Gasteiger partial charge in [-0.2, -0.15) is 0 Å². The second kappa shape index (κ2) is 44.4. The van der Waals surface area contributed by atoms with E-state index in [2.05, 4.69) is 79.2 Å². The van der Waals surface area contributed by atoms with E-state index in [9.17, 15) is 14.4 Å². The molecular weight excluding hydrogens is 797 g/mol. The molecule has 0 aliphatic carbocycles. The second-order valence-electron chi connectivity index (χ2n) is 16.8. The van der Waals surface area contributed by atoms with E-state index in [1.54, 1.807) is 7.11 Å². The third-order valence-corrected chi connectivity index (χ3v) is 11.0. The molecule has 0 bridgehead atoms. The summed E-state index contributed by atoms with van der Waals surface area (Å²) in [4.78, 5) is 43.2. The first-order chi connectivity index (χ1) is 30.9. The summed E-state index contributed by atoms with van der Waals surface area (Å²) in [6, 6.07) is 0. The van der Waals surface area contributed by atoms with E-state index in [1.807, 2.05) is 0 Å². The van der Waals surface area contributed by atoms with Gasteiger partial charge in [0, 0.05) is 72.4 Å². The zero-order chi connectivity index (χ0) is 45.7. The van der Waals surface area contributed by atoms with Crippen LogP contribution in [0, 0.1) is 5.92 Å². The average molecular weight is 889 g/mol. The quantitative estimate of drug-likeness (QED) is 0.0192. The number of piperazine rings is 1. The van der Waals surface area contributed by atoms with E-state index in [0.717, 1.165) is 129 Å². The molecule has 0 aromatic rings. The van der Waals surface area contributed by atoms with E-state index in [0.29, 0.717) is 39.2 Å². The highest BCUT2D eigenvalue weighted by Gasteiger charge is 2.21. The van der Waals surface area contributed by atoms with Gasteiger partial charge in [-0.3, -0.25) is 19.3 Å². The molecule has 0 aromatic heterocycles. The Balaban J connectivity index is 2.58. The number of methoxy groups -OCH3 is 1. The summed E-state index contributed by atoms with van der Waals surface area (Å²) in [6.45, 7) is 13.6. The van der Waals surface area contributed by atoms with Gasteiger partial charge >= 0.3 is 17.9 Å². The molecule has 63 heavy (non-hydrogen) atoms. The Bertz CT molecular complexity index is 1170. The molecule has 1 atom stereocenters. The van der Waals surface area contributed by atoms with E-state index in [4.69, 9.17) is 28.4 Å². The predicted octanol–water partition coefficient (Wildman–Crippen LogP) is 11.1. The zero-order valence-corrected chi connectivity index (χ0v) is 40.6. The van der Waals surface area contributed by atoms with Crippen LogP contribution in [0.5, 0.6) is 0 Å². The minimum absolute atomic E-state index is 0.00359. The molecule has 1 heterocycles. The van der Waals surface area contributed by atoms with Crippen LogP contribution in [0.25, 0.3) is 0 Å². The number of carbonyl (C=O) groups is 3. The number of ether oxygens (including phenoxy) is 6. The molecule has 1 fully saturated rings. The molecule has 364 valence electrons. The highest BCUT2D eigenvalue weighted by Crippen LogP contribution is 2.13. The maximum Gasteiger partial charge on any atom is 0.307 e. The van der Waals surface area contributed by atoms with E-state index in [1.165, 1.54) is 25.7 Å². The molecule has 0 N–H and O–H groups in total. The Labute approximate surface area is 384 Å². The summed E-state index contributed by atoms with van der Waals surface area (Å²) in [6.07, 6.45) is 38.8. The fourth-order valence-corrected chi connectivity index (χ4v) is 6.96. The van der Waals surface area contributed by atoms with Crippen molar-refractivity contribution < 1.29 is 42.8 Å². The van der Waals surface area contributed by atoms with Crippen molar-refractivity contribution in [2.45, 2.75) is 175 Å². The van der Waals surface area contributed by atoms with Crippen molar-refractivity contribution in [1.82, 2.24) is 9.80 Å². The fraction of sp³-hybridized carbons (Fsp3) is 0.788. The molecule has 1 rings (SSSR count). The van der Waals surface area contributed by atoms with Crippen molar-refractivity contribution in [1.29, 1.82) is 0 Å². The lowest BCUT2D eigenvalue weighted by Crippen LogP contribution is -2.47. The molecule has 0 aromatic carbocycles. The van der Waals surface area contributed by atoms with Crippen molar-refractivity contribution in [3.63, 3.8) is 0 Å². The fourth-order valence-electron chi connectivity index (χ4n) is 6.96. The Morgan fingerprint density at radius 2 is 0.952 bits per heavy atom. The topological polar surface area (TPSA) is 113 Å². The van der Waals surface area contributed by atoms with Crippen LogP contribution in [0.2, 0.25) is 0 Å². The normalized spacial score (nSPS) is 14.6. The lowest BCUT2D eigenvalue weighted by Gasteiger charge is -2.34. The number of esters is 3. The van der Waals surface area contributed by atoms with E-state index in [-0.39, 0.29) is 50.6 Å². The molecule has 1 aliphatic rings. The monoisotopic (exact) mass is 889 g/mol. The molecule has 0 amide bonds. The van der Waals surface area contributed by atoms with Gasteiger partial charge in [-0.15, -0.1) is 0 Å². The minimum Gasteiger partial charge on any atom is -0.465 e. The van der Waals surface area contributed by atoms with Gasteiger partial charge in [-0.05, 0) is 89.9 Å².